The average molecular weight is 452 g/mol. The molecule has 1 N–H and O–H groups in total. The molecule has 0 radical (unpaired) electrons. The molecule has 0 saturated heterocycles. The van der Waals surface area contributed by atoms with E-state index in [4.69, 9.17) is 0 Å². The highest BCUT2D eigenvalue weighted by Crippen LogP contribution is 2.30. The molecular formula is C24H19F3N4O2. The first kappa shape index (κ1) is 21.0. The van der Waals surface area contributed by atoms with Crippen LogP contribution in [0.1, 0.15) is 34.3 Å². The number of hydrogen-bond acceptors (Lipinski definition) is 3. The van der Waals surface area contributed by atoms with Crippen LogP contribution in [0.15, 0.2) is 71.7 Å². The van der Waals surface area contributed by atoms with Gasteiger partial charge in [0, 0.05) is 23.4 Å². The summed E-state index contributed by atoms with van der Waals surface area (Å²) in [5, 5.41) is 7.34. The molecule has 1 fully saturated rings. The number of rotatable bonds is 5. The van der Waals surface area contributed by atoms with E-state index in [0.29, 0.717) is 27.9 Å². The zero-order valence-electron chi connectivity index (χ0n) is 17.3. The maximum Gasteiger partial charge on any atom is 0.416 e. The Morgan fingerprint density at radius 1 is 1.06 bits per heavy atom. The van der Waals surface area contributed by atoms with Crippen LogP contribution in [0.2, 0.25) is 0 Å². The second-order valence-electron chi connectivity index (χ2n) is 8.08. The smallest absolute Gasteiger partial charge is 0.349 e. The minimum atomic E-state index is -4.47. The van der Waals surface area contributed by atoms with Gasteiger partial charge in [0.2, 0.25) is 0 Å². The number of benzene rings is 2. The van der Waals surface area contributed by atoms with Crippen LogP contribution in [0, 0.1) is 0 Å². The number of carbonyl (C=O) groups excluding carboxylic acids is 1. The number of carbonyl (C=O) groups is 1. The zero-order valence-corrected chi connectivity index (χ0v) is 17.3. The van der Waals surface area contributed by atoms with Gasteiger partial charge in [0.25, 0.3) is 5.91 Å². The van der Waals surface area contributed by atoms with Gasteiger partial charge in [0.1, 0.15) is 0 Å². The van der Waals surface area contributed by atoms with Crippen LogP contribution in [-0.4, -0.2) is 26.1 Å². The minimum absolute atomic E-state index is 0.103. The monoisotopic (exact) mass is 452 g/mol. The summed E-state index contributed by atoms with van der Waals surface area (Å²) in [5.41, 5.74) is 1.28. The molecular weight excluding hydrogens is 433 g/mol. The van der Waals surface area contributed by atoms with Gasteiger partial charge in [0.15, 0.2) is 5.65 Å². The number of alkyl halides is 3. The predicted molar refractivity (Wildman–Crippen MR) is 116 cm³/mol. The van der Waals surface area contributed by atoms with Crippen molar-refractivity contribution in [3.8, 4) is 11.1 Å². The Hall–Kier alpha value is -3.88. The highest BCUT2D eigenvalue weighted by atomic mass is 19.4. The van der Waals surface area contributed by atoms with Crippen LogP contribution in [0.4, 0.5) is 13.2 Å². The van der Waals surface area contributed by atoms with Crippen molar-refractivity contribution in [3.63, 3.8) is 0 Å². The third kappa shape index (κ3) is 4.26. The number of amides is 1. The maximum atomic E-state index is 13.0. The molecule has 6 nitrogen and oxygen atoms in total. The Balaban J connectivity index is 1.51. The average Bonchev–Trinajstić information content (AvgIpc) is 3.56. The standard InChI is InChI=1S/C24H19F3N4O2/c25-24(26,27)18-7-1-4-15(12-18)14-31-23(33)30-11-3-8-20(21(30)29-31)16-5-2-6-17(13-16)22(32)28-19-9-10-19/h1-8,11-13,19H,9-10,14H2,(H,28,32). The van der Waals surface area contributed by atoms with E-state index in [9.17, 15) is 22.8 Å². The van der Waals surface area contributed by atoms with E-state index in [1.165, 1.54) is 16.5 Å². The lowest BCUT2D eigenvalue weighted by atomic mass is 10.0. The molecule has 1 saturated carbocycles. The van der Waals surface area contributed by atoms with Crippen LogP contribution in [0.5, 0.6) is 0 Å². The minimum Gasteiger partial charge on any atom is -0.349 e. The summed E-state index contributed by atoms with van der Waals surface area (Å²) >= 11 is 0. The molecule has 2 aromatic carbocycles. The molecule has 5 rings (SSSR count). The molecule has 0 bridgehead atoms. The van der Waals surface area contributed by atoms with E-state index in [1.54, 1.807) is 36.5 Å². The van der Waals surface area contributed by atoms with Crippen LogP contribution in [0.25, 0.3) is 16.8 Å². The van der Waals surface area contributed by atoms with Crippen molar-refractivity contribution >= 4 is 11.6 Å². The topological polar surface area (TPSA) is 68.4 Å². The Labute approximate surface area is 186 Å². The Morgan fingerprint density at radius 3 is 2.61 bits per heavy atom. The predicted octanol–water partition coefficient (Wildman–Crippen LogP) is 4.12. The summed E-state index contributed by atoms with van der Waals surface area (Å²) < 4.78 is 41.6. The van der Waals surface area contributed by atoms with Gasteiger partial charge in [-0.05, 0) is 60.4 Å². The molecule has 4 aromatic rings. The SMILES string of the molecule is O=C(NC1CC1)c1cccc(-c2cccn3c(=O)n(Cc4cccc(C(F)(F)F)c4)nc23)c1. The third-order valence-electron chi connectivity index (χ3n) is 5.54. The van der Waals surface area contributed by atoms with Crippen molar-refractivity contribution in [2.45, 2.75) is 31.6 Å². The summed E-state index contributed by atoms with van der Waals surface area (Å²) in [6, 6.07) is 15.6. The van der Waals surface area contributed by atoms with Gasteiger partial charge in [-0.15, -0.1) is 5.10 Å². The lowest BCUT2D eigenvalue weighted by molar-refractivity contribution is -0.137. The fraction of sp³-hybridized carbons (Fsp3) is 0.208. The summed E-state index contributed by atoms with van der Waals surface area (Å²) in [4.78, 5) is 25.3. The van der Waals surface area contributed by atoms with E-state index in [0.717, 1.165) is 29.7 Å². The van der Waals surface area contributed by atoms with Crippen LogP contribution >= 0.6 is 0 Å². The van der Waals surface area contributed by atoms with Gasteiger partial charge in [-0.2, -0.15) is 13.2 Å². The first-order valence-electron chi connectivity index (χ1n) is 10.5. The van der Waals surface area contributed by atoms with E-state index in [2.05, 4.69) is 10.4 Å². The molecule has 2 heterocycles. The first-order valence-corrected chi connectivity index (χ1v) is 10.5. The number of halogens is 3. The first-order chi connectivity index (χ1) is 15.8. The quantitative estimate of drug-likeness (QED) is 0.495. The van der Waals surface area contributed by atoms with Gasteiger partial charge >= 0.3 is 11.9 Å². The maximum absolute atomic E-state index is 13.0. The molecule has 33 heavy (non-hydrogen) atoms. The number of fused-ring (bicyclic) bond motifs is 1. The normalized spacial score (nSPS) is 13.9. The van der Waals surface area contributed by atoms with Crippen LogP contribution < -0.4 is 11.0 Å². The Kier molecular flexibility index (Phi) is 5.03. The lowest BCUT2D eigenvalue weighted by Gasteiger charge is -2.08. The molecule has 1 amide bonds. The van der Waals surface area contributed by atoms with Crippen molar-refractivity contribution in [1.29, 1.82) is 0 Å². The van der Waals surface area contributed by atoms with Gasteiger partial charge in [-0.3, -0.25) is 4.79 Å². The zero-order chi connectivity index (χ0) is 23.2. The van der Waals surface area contributed by atoms with Crippen molar-refractivity contribution in [2.75, 3.05) is 0 Å². The Bertz CT molecular complexity index is 1420. The summed E-state index contributed by atoms with van der Waals surface area (Å²) in [7, 11) is 0. The van der Waals surface area contributed by atoms with Crippen molar-refractivity contribution in [1.82, 2.24) is 19.5 Å². The fourth-order valence-corrected chi connectivity index (χ4v) is 3.71. The number of nitrogens with zero attached hydrogens (tertiary/aromatic N) is 3. The number of pyridine rings is 1. The molecule has 1 aliphatic carbocycles. The molecule has 0 unspecified atom stereocenters. The van der Waals surface area contributed by atoms with E-state index in [-0.39, 0.29) is 18.5 Å². The van der Waals surface area contributed by atoms with E-state index in [1.807, 2.05) is 6.07 Å². The van der Waals surface area contributed by atoms with Crippen LogP contribution in [0.3, 0.4) is 0 Å². The van der Waals surface area contributed by atoms with E-state index >= 15 is 0 Å². The second-order valence-corrected chi connectivity index (χ2v) is 8.08. The van der Waals surface area contributed by atoms with Crippen molar-refractivity contribution in [3.05, 3.63) is 94.0 Å². The molecule has 2 aromatic heterocycles. The molecule has 1 aliphatic rings. The van der Waals surface area contributed by atoms with Crippen molar-refractivity contribution in [2.24, 2.45) is 0 Å². The van der Waals surface area contributed by atoms with E-state index < -0.39 is 17.4 Å². The molecule has 0 spiro atoms. The molecule has 168 valence electrons. The molecule has 9 heteroatoms. The Morgan fingerprint density at radius 2 is 1.85 bits per heavy atom. The summed E-state index contributed by atoms with van der Waals surface area (Å²) in [6.45, 7) is -0.103. The largest absolute Gasteiger partial charge is 0.416 e. The van der Waals surface area contributed by atoms with Crippen LogP contribution in [-0.2, 0) is 12.7 Å². The number of nitrogens with one attached hydrogen (secondary N) is 1. The number of aromatic nitrogens is 3. The summed E-state index contributed by atoms with van der Waals surface area (Å²) in [6.07, 6.45) is -0.946. The summed E-state index contributed by atoms with van der Waals surface area (Å²) in [5.74, 6) is -0.154. The van der Waals surface area contributed by atoms with Gasteiger partial charge in [0.05, 0.1) is 12.1 Å². The second kappa shape index (κ2) is 7.91. The van der Waals surface area contributed by atoms with Gasteiger partial charge < -0.3 is 5.32 Å². The number of hydrogen-bond donors (Lipinski definition) is 1. The molecule has 0 atom stereocenters. The highest BCUT2D eigenvalue weighted by molar-refractivity contribution is 5.96. The van der Waals surface area contributed by atoms with Crippen molar-refractivity contribution < 1.29 is 18.0 Å². The van der Waals surface area contributed by atoms with Gasteiger partial charge in [-0.25, -0.2) is 13.9 Å². The molecule has 0 aliphatic heterocycles. The fourth-order valence-electron chi connectivity index (χ4n) is 3.71. The lowest BCUT2D eigenvalue weighted by Crippen LogP contribution is -2.25. The third-order valence-corrected chi connectivity index (χ3v) is 5.54. The van der Waals surface area contributed by atoms with Gasteiger partial charge in [-0.1, -0.05) is 24.3 Å². The highest BCUT2D eigenvalue weighted by Gasteiger charge is 2.30.